The van der Waals surface area contributed by atoms with Crippen molar-refractivity contribution in [1.29, 1.82) is 0 Å². The van der Waals surface area contributed by atoms with Gasteiger partial charge in [-0.25, -0.2) is 4.79 Å². The lowest BCUT2D eigenvalue weighted by atomic mass is 10.00. The van der Waals surface area contributed by atoms with Gasteiger partial charge in [-0.15, -0.1) is 0 Å². The lowest BCUT2D eigenvalue weighted by Crippen LogP contribution is -2.40. The van der Waals surface area contributed by atoms with Crippen molar-refractivity contribution in [1.82, 2.24) is 0 Å². The zero-order valence-electron chi connectivity index (χ0n) is 9.44. The van der Waals surface area contributed by atoms with Crippen LogP contribution < -0.4 is 4.74 Å². The number of aliphatic hydroxyl groups is 1. The van der Waals surface area contributed by atoms with Gasteiger partial charge in [-0.3, -0.25) is 0 Å². The summed E-state index contributed by atoms with van der Waals surface area (Å²) < 4.78 is 42.9. The van der Waals surface area contributed by atoms with Crippen LogP contribution in [0.5, 0.6) is 5.75 Å². The minimum atomic E-state index is -4.81. The molecule has 1 aliphatic rings. The third kappa shape index (κ3) is 2.55. The van der Waals surface area contributed by atoms with Crippen molar-refractivity contribution >= 4 is 12.0 Å². The SMILES string of the molecule is O=C(O)C1=Cc2cc(CO)ccc2OC1C(F)(F)F. The number of rotatable bonds is 2. The summed E-state index contributed by atoms with van der Waals surface area (Å²) in [6, 6.07) is 4.06. The van der Waals surface area contributed by atoms with E-state index in [4.69, 9.17) is 14.9 Å². The fraction of sp³-hybridized carbons (Fsp3) is 0.250. The molecular formula is C12H9F3O4. The average Bonchev–Trinajstić information content (AvgIpc) is 2.35. The molecule has 2 N–H and O–H groups in total. The first kappa shape index (κ1) is 13.4. The van der Waals surface area contributed by atoms with Gasteiger partial charge in [0, 0.05) is 5.56 Å². The highest BCUT2D eigenvalue weighted by Gasteiger charge is 2.48. The van der Waals surface area contributed by atoms with Crippen LogP contribution in [0.3, 0.4) is 0 Å². The Labute approximate surface area is 105 Å². The van der Waals surface area contributed by atoms with Crippen molar-refractivity contribution in [2.45, 2.75) is 18.9 Å². The van der Waals surface area contributed by atoms with Gasteiger partial charge in [0.25, 0.3) is 0 Å². The van der Waals surface area contributed by atoms with E-state index in [0.29, 0.717) is 5.56 Å². The summed E-state index contributed by atoms with van der Waals surface area (Å²) in [5, 5.41) is 17.8. The first-order valence-electron chi connectivity index (χ1n) is 5.25. The van der Waals surface area contributed by atoms with E-state index in [9.17, 15) is 18.0 Å². The standard InChI is InChI=1S/C12H9F3O4/c13-12(14,15)10-8(11(17)18)4-7-3-6(5-16)1-2-9(7)19-10/h1-4,10,16H,5H2,(H,17,18). The van der Waals surface area contributed by atoms with E-state index in [0.717, 1.165) is 6.08 Å². The number of alkyl halides is 3. The van der Waals surface area contributed by atoms with E-state index in [1.165, 1.54) is 18.2 Å². The van der Waals surface area contributed by atoms with E-state index < -0.39 is 23.8 Å². The first-order chi connectivity index (χ1) is 8.82. The van der Waals surface area contributed by atoms with Crippen LogP contribution in [0.25, 0.3) is 6.08 Å². The van der Waals surface area contributed by atoms with Crippen molar-refractivity contribution in [3.63, 3.8) is 0 Å². The van der Waals surface area contributed by atoms with Gasteiger partial charge in [0.15, 0.2) is 0 Å². The number of hydrogen-bond donors (Lipinski definition) is 2. The molecule has 0 radical (unpaired) electrons. The average molecular weight is 274 g/mol. The van der Waals surface area contributed by atoms with E-state index in [-0.39, 0.29) is 17.9 Å². The Bertz CT molecular complexity index is 548. The summed E-state index contributed by atoms with van der Waals surface area (Å²) in [4.78, 5) is 10.9. The molecule has 0 saturated heterocycles. The maximum absolute atomic E-state index is 12.7. The van der Waals surface area contributed by atoms with Crippen LogP contribution in [0.4, 0.5) is 13.2 Å². The number of fused-ring (bicyclic) bond motifs is 1. The summed E-state index contributed by atoms with van der Waals surface area (Å²) in [5.41, 5.74) is -0.228. The smallest absolute Gasteiger partial charge is 0.430 e. The zero-order valence-corrected chi connectivity index (χ0v) is 9.44. The number of aliphatic carboxylic acids is 1. The Morgan fingerprint density at radius 3 is 2.58 bits per heavy atom. The van der Waals surface area contributed by atoms with E-state index in [1.54, 1.807) is 0 Å². The minimum Gasteiger partial charge on any atom is -0.478 e. The molecule has 102 valence electrons. The molecule has 1 heterocycles. The second kappa shape index (κ2) is 4.58. The lowest BCUT2D eigenvalue weighted by Gasteiger charge is -2.27. The normalized spacial score (nSPS) is 18.3. The summed E-state index contributed by atoms with van der Waals surface area (Å²) in [6.07, 6.45) is -6.38. The molecule has 19 heavy (non-hydrogen) atoms. The fourth-order valence-corrected chi connectivity index (χ4v) is 1.77. The van der Waals surface area contributed by atoms with Crippen molar-refractivity contribution in [3.8, 4) is 5.75 Å². The fourth-order valence-electron chi connectivity index (χ4n) is 1.77. The third-order valence-electron chi connectivity index (χ3n) is 2.64. The Kier molecular flexibility index (Phi) is 3.23. The third-order valence-corrected chi connectivity index (χ3v) is 2.64. The van der Waals surface area contributed by atoms with Crippen LogP contribution in [0, 0.1) is 0 Å². The van der Waals surface area contributed by atoms with Crippen molar-refractivity contribution in [2.24, 2.45) is 0 Å². The summed E-state index contributed by atoms with van der Waals surface area (Å²) in [7, 11) is 0. The van der Waals surface area contributed by atoms with Crippen LogP contribution in [-0.2, 0) is 11.4 Å². The number of carboxylic acids is 1. The largest absolute Gasteiger partial charge is 0.478 e. The predicted octanol–water partition coefficient (Wildman–Crippen LogP) is 1.97. The van der Waals surface area contributed by atoms with Gasteiger partial charge in [0.2, 0.25) is 6.10 Å². The maximum Gasteiger partial charge on any atom is 0.430 e. The number of carboxylic acid groups (broad SMARTS) is 1. The Balaban J connectivity index is 2.51. The molecule has 0 aromatic heterocycles. The van der Waals surface area contributed by atoms with Gasteiger partial charge < -0.3 is 14.9 Å². The molecule has 0 bridgehead atoms. The predicted molar refractivity (Wildman–Crippen MR) is 58.4 cm³/mol. The molecule has 1 aromatic carbocycles. The van der Waals surface area contributed by atoms with Gasteiger partial charge in [-0.05, 0) is 23.8 Å². The van der Waals surface area contributed by atoms with Crippen molar-refractivity contribution in [3.05, 3.63) is 34.9 Å². The lowest BCUT2D eigenvalue weighted by molar-refractivity contribution is -0.187. The van der Waals surface area contributed by atoms with Crippen LogP contribution in [0.2, 0.25) is 0 Å². The molecule has 0 amide bonds. The molecule has 1 aromatic rings. The molecule has 0 fully saturated rings. The van der Waals surface area contributed by atoms with Crippen LogP contribution in [-0.4, -0.2) is 28.5 Å². The van der Waals surface area contributed by atoms with Gasteiger partial charge >= 0.3 is 12.1 Å². The van der Waals surface area contributed by atoms with Gasteiger partial charge in [0.05, 0.1) is 12.2 Å². The van der Waals surface area contributed by atoms with E-state index >= 15 is 0 Å². The van der Waals surface area contributed by atoms with Gasteiger partial charge in [0.1, 0.15) is 5.75 Å². The van der Waals surface area contributed by atoms with Crippen LogP contribution >= 0.6 is 0 Å². The molecule has 7 heteroatoms. The first-order valence-corrected chi connectivity index (χ1v) is 5.25. The Morgan fingerprint density at radius 1 is 1.37 bits per heavy atom. The molecule has 4 nitrogen and oxygen atoms in total. The number of hydrogen-bond acceptors (Lipinski definition) is 3. The Morgan fingerprint density at radius 2 is 2.05 bits per heavy atom. The minimum absolute atomic E-state index is 0.0653. The highest BCUT2D eigenvalue weighted by molar-refractivity contribution is 5.95. The number of ether oxygens (including phenoxy) is 1. The quantitative estimate of drug-likeness (QED) is 0.865. The van der Waals surface area contributed by atoms with E-state index in [1.807, 2.05) is 0 Å². The zero-order chi connectivity index (χ0) is 14.2. The van der Waals surface area contributed by atoms with Crippen molar-refractivity contribution in [2.75, 3.05) is 0 Å². The topological polar surface area (TPSA) is 66.8 Å². The molecule has 0 spiro atoms. The monoisotopic (exact) mass is 274 g/mol. The summed E-state index contributed by atoms with van der Waals surface area (Å²) in [5.74, 6) is -1.76. The van der Waals surface area contributed by atoms with Gasteiger partial charge in [-0.2, -0.15) is 13.2 Å². The van der Waals surface area contributed by atoms with Crippen molar-refractivity contribution < 1.29 is 32.9 Å². The molecular weight excluding hydrogens is 265 g/mol. The summed E-state index contributed by atoms with van der Waals surface area (Å²) >= 11 is 0. The van der Waals surface area contributed by atoms with Crippen LogP contribution in [0.1, 0.15) is 11.1 Å². The Hall–Kier alpha value is -2.02. The maximum atomic E-state index is 12.7. The molecule has 1 aliphatic heterocycles. The van der Waals surface area contributed by atoms with Gasteiger partial charge in [-0.1, -0.05) is 6.07 Å². The number of benzene rings is 1. The molecule has 0 aliphatic carbocycles. The van der Waals surface area contributed by atoms with Crippen LogP contribution in [0.15, 0.2) is 23.8 Å². The molecule has 1 unspecified atom stereocenters. The highest BCUT2D eigenvalue weighted by atomic mass is 19.4. The second-order valence-electron chi connectivity index (χ2n) is 3.97. The molecule has 0 saturated carbocycles. The second-order valence-corrected chi connectivity index (χ2v) is 3.97. The summed E-state index contributed by atoms with van der Waals surface area (Å²) in [6.45, 7) is -0.299. The molecule has 2 rings (SSSR count). The highest BCUT2D eigenvalue weighted by Crippen LogP contribution is 2.37. The number of aliphatic hydroxyl groups excluding tert-OH is 1. The molecule has 1 atom stereocenters. The number of halogens is 3. The van der Waals surface area contributed by atoms with E-state index in [2.05, 4.69) is 0 Å². The number of carbonyl (C=O) groups is 1.